The largest absolute Gasteiger partial charge is 0.290 e. The molecule has 3 N–H and O–H groups in total. The van der Waals surface area contributed by atoms with Gasteiger partial charge in [-0.1, -0.05) is 36.4 Å². The van der Waals surface area contributed by atoms with Gasteiger partial charge < -0.3 is 0 Å². The molecule has 2 aromatic rings. The number of carbonyl (C=O) groups is 1. The Hall–Kier alpha value is -2.73. The third-order valence-electron chi connectivity index (χ3n) is 2.68. The SMILES string of the molecule is NNC(=O)c1cccc([N+](=O)[O-])c1-c1ccccc1. The van der Waals surface area contributed by atoms with Crippen molar-refractivity contribution in [2.45, 2.75) is 0 Å². The number of nitrogens with zero attached hydrogens (tertiary/aromatic N) is 1. The number of nitro benzene ring substituents is 1. The molecular weight excluding hydrogens is 246 g/mol. The van der Waals surface area contributed by atoms with Crippen molar-refractivity contribution in [3.8, 4) is 11.1 Å². The predicted molar refractivity (Wildman–Crippen MR) is 70.2 cm³/mol. The summed E-state index contributed by atoms with van der Waals surface area (Å²) in [5.74, 6) is 4.54. The first kappa shape index (κ1) is 12.7. The number of rotatable bonds is 3. The van der Waals surface area contributed by atoms with Crippen LogP contribution in [0.15, 0.2) is 48.5 Å². The molecule has 0 aliphatic rings. The van der Waals surface area contributed by atoms with Gasteiger partial charge in [-0.15, -0.1) is 0 Å². The van der Waals surface area contributed by atoms with E-state index in [1.165, 1.54) is 18.2 Å². The average molecular weight is 257 g/mol. The minimum Gasteiger partial charge on any atom is -0.290 e. The Bertz CT molecular complexity index is 626. The summed E-state index contributed by atoms with van der Waals surface area (Å²) in [5.41, 5.74) is 2.88. The van der Waals surface area contributed by atoms with E-state index in [0.29, 0.717) is 5.56 Å². The summed E-state index contributed by atoms with van der Waals surface area (Å²) in [4.78, 5) is 22.3. The molecule has 6 nitrogen and oxygen atoms in total. The fourth-order valence-electron chi connectivity index (χ4n) is 1.87. The number of nitro groups is 1. The number of nitrogens with one attached hydrogen (secondary N) is 1. The van der Waals surface area contributed by atoms with E-state index in [2.05, 4.69) is 0 Å². The van der Waals surface area contributed by atoms with Gasteiger partial charge in [0.05, 0.1) is 16.1 Å². The summed E-state index contributed by atoms with van der Waals surface area (Å²) in [5, 5.41) is 11.1. The van der Waals surface area contributed by atoms with Crippen LogP contribution >= 0.6 is 0 Å². The molecule has 1 amide bonds. The van der Waals surface area contributed by atoms with Crippen LogP contribution in [0.25, 0.3) is 11.1 Å². The third-order valence-corrected chi connectivity index (χ3v) is 2.68. The zero-order valence-electron chi connectivity index (χ0n) is 9.87. The summed E-state index contributed by atoms with van der Waals surface area (Å²) in [6.45, 7) is 0. The summed E-state index contributed by atoms with van der Waals surface area (Å²) in [6, 6.07) is 13.0. The highest BCUT2D eigenvalue weighted by molar-refractivity contribution is 6.02. The number of hydrogen-bond donors (Lipinski definition) is 2. The Morgan fingerprint density at radius 1 is 1.11 bits per heavy atom. The minimum absolute atomic E-state index is 0.132. The normalized spacial score (nSPS) is 9.95. The van der Waals surface area contributed by atoms with Crippen LogP contribution < -0.4 is 11.3 Å². The molecule has 19 heavy (non-hydrogen) atoms. The quantitative estimate of drug-likeness (QED) is 0.379. The number of nitrogens with two attached hydrogens (primary N) is 1. The maximum Gasteiger partial charge on any atom is 0.278 e. The summed E-state index contributed by atoms with van der Waals surface area (Å²) in [6.07, 6.45) is 0. The van der Waals surface area contributed by atoms with Crippen molar-refractivity contribution < 1.29 is 9.72 Å². The number of benzene rings is 2. The number of nitrogen functional groups attached to an aromatic ring is 1. The molecule has 2 rings (SSSR count). The first-order valence-corrected chi connectivity index (χ1v) is 5.49. The van der Waals surface area contributed by atoms with Gasteiger partial charge in [0.2, 0.25) is 0 Å². The van der Waals surface area contributed by atoms with Crippen LogP contribution in [-0.2, 0) is 0 Å². The molecule has 0 fully saturated rings. The van der Waals surface area contributed by atoms with E-state index in [1.807, 2.05) is 5.43 Å². The highest BCUT2D eigenvalue weighted by Gasteiger charge is 2.22. The van der Waals surface area contributed by atoms with Crippen molar-refractivity contribution in [1.29, 1.82) is 0 Å². The zero-order valence-corrected chi connectivity index (χ0v) is 9.87. The monoisotopic (exact) mass is 257 g/mol. The second-order valence-electron chi connectivity index (χ2n) is 3.80. The van der Waals surface area contributed by atoms with Crippen LogP contribution in [0.2, 0.25) is 0 Å². The molecule has 0 radical (unpaired) electrons. The van der Waals surface area contributed by atoms with E-state index in [-0.39, 0.29) is 16.8 Å². The summed E-state index contributed by atoms with van der Waals surface area (Å²) in [7, 11) is 0. The molecule has 0 heterocycles. The van der Waals surface area contributed by atoms with Gasteiger partial charge in [0, 0.05) is 6.07 Å². The van der Waals surface area contributed by atoms with Gasteiger partial charge >= 0.3 is 0 Å². The van der Waals surface area contributed by atoms with Crippen molar-refractivity contribution in [1.82, 2.24) is 5.43 Å². The van der Waals surface area contributed by atoms with Crippen LogP contribution in [0.1, 0.15) is 10.4 Å². The molecule has 0 aliphatic heterocycles. The molecule has 0 unspecified atom stereocenters. The van der Waals surface area contributed by atoms with Crippen LogP contribution in [-0.4, -0.2) is 10.8 Å². The lowest BCUT2D eigenvalue weighted by Gasteiger charge is -2.09. The molecule has 0 bridgehead atoms. The molecule has 0 saturated carbocycles. The van der Waals surface area contributed by atoms with Crippen LogP contribution in [0.3, 0.4) is 0 Å². The van der Waals surface area contributed by atoms with Crippen molar-refractivity contribution in [2.75, 3.05) is 0 Å². The number of hydrazine groups is 1. The molecule has 0 aliphatic carbocycles. The van der Waals surface area contributed by atoms with E-state index in [1.54, 1.807) is 30.3 Å². The van der Waals surface area contributed by atoms with Gasteiger partial charge in [-0.25, -0.2) is 5.84 Å². The van der Waals surface area contributed by atoms with E-state index in [4.69, 9.17) is 5.84 Å². The van der Waals surface area contributed by atoms with Gasteiger partial charge in [0.1, 0.15) is 0 Å². The van der Waals surface area contributed by atoms with Gasteiger partial charge in [0.15, 0.2) is 0 Å². The summed E-state index contributed by atoms with van der Waals surface area (Å²) >= 11 is 0. The Labute approximate surface area is 109 Å². The number of carbonyl (C=O) groups excluding carboxylic acids is 1. The second-order valence-corrected chi connectivity index (χ2v) is 3.80. The number of hydrogen-bond acceptors (Lipinski definition) is 4. The number of amides is 1. The first-order chi connectivity index (χ1) is 9.15. The van der Waals surface area contributed by atoms with Crippen LogP contribution in [0.5, 0.6) is 0 Å². The molecule has 0 spiro atoms. The van der Waals surface area contributed by atoms with Gasteiger partial charge in [-0.3, -0.25) is 20.3 Å². The Morgan fingerprint density at radius 3 is 2.37 bits per heavy atom. The van der Waals surface area contributed by atoms with Gasteiger partial charge in [0.25, 0.3) is 11.6 Å². The molecule has 0 saturated heterocycles. The molecule has 96 valence electrons. The Balaban J connectivity index is 2.74. The van der Waals surface area contributed by atoms with Gasteiger partial charge in [-0.05, 0) is 11.6 Å². The average Bonchev–Trinajstić information content (AvgIpc) is 2.46. The van der Waals surface area contributed by atoms with Crippen molar-refractivity contribution in [3.63, 3.8) is 0 Å². The highest BCUT2D eigenvalue weighted by Crippen LogP contribution is 2.32. The minimum atomic E-state index is -0.567. The molecule has 2 aromatic carbocycles. The maximum atomic E-state index is 11.7. The smallest absolute Gasteiger partial charge is 0.278 e. The second kappa shape index (κ2) is 5.28. The predicted octanol–water partition coefficient (Wildman–Crippen LogP) is 1.87. The Kier molecular flexibility index (Phi) is 3.53. The lowest BCUT2D eigenvalue weighted by molar-refractivity contribution is -0.384. The van der Waals surface area contributed by atoms with Crippen molar-refractivity contribution >= 4 is 11.6 Å². The van der Waals surface area contributed by atoms with Gasteiger partial charge in [-0.2, -0.15) is 0 Å². The van der Waals surface area contributed by atoms with E-state index in [0.717, 1.165) is 0 Å². The lowest BCUT2D eigenvalue weighted by Crippen LogP contribution is -2.30. The molecule has 0 aromatic heterocycles. The molecular formula is C13H11N3O3. The lowest BCUT2D eigenvalue weighted by atomic mass is 9.97. The van der Waals surface area contributed by atoms with Crippen LogP contribution in [0.4, 0.5) is 5.69 Å². The maximum absolute atomic E-state index is 11.7. The fraction of sp³-hybridized carbons (Fsp3) is 0. The Morgan fingerprint density at radius 2 is 1.79 bits per heavy atom. The van der Waals surface area contributed by atoms with Crippen molar-refractivity contribution in [3.05, 3.63) is 64.2 Å². The first-order valence-electron chi connectivity index (χ1n) is 5.49. The zero-order chi connectivity index (χ0) is 13.8. The van der Waals surface area contributed by atoms with Crippen LogP contribution in [0, 0.1) is 10.1 Å². The molecule has 6 heteroatoms. The summed E-state index contributed by atoms with van der Waals surface area (Å²) < 4.78 is 0. The third kappa shape index (κ3) is 2.43. The highest BCUT2D eigenvalue weighted by atomic mass is 16.6. The van der Waals surface area contributed by atoms with E-state index >= 15 is 0 Å². The topological polar surface area (TPSA) is 98.3 Å². The van der Waals surface area contributed by atoms with Crippen molar-refractivity contribution in [2.24, 2.45) is 5.84 Å². The standard InChI is InChI=1S/C13H11N3O3/c14-15-13(17)10-7-4-8-11(16(18)19)12(10)9-5-2-1-3-6-9/h1-8H,14H2,(H,15,17). The van der Waals surface area contributed by atoms with E-state index in [9.17, 15) is 14.9 Å². The molecule has 0 atom stereocenters. The van der Waals surface area contributed by atoms with E-state index < -0.39 is 10.8 Å². The fourth-order valence-corrected chi connectivity index (χ4v) is 1.87.